The summed E-state index contributed by atoms with van der Waals surface area (Å²) in [7, 11) is 1.54. The first-order chi connectivity index (χ1) is 11.9. The van der Waals surface area contributed by atoms with Crippen LogP contribution in [0, 0.1) is 0 Å². The average molecular weight is 369 g/mol. The molecule has 0 unspecified atom stereocenters. The molecule has 0 saturated heterocycles. The van der Waals surface area contributed by atoms with Crippen LogP contribution >= 0.6 is 11.8 Å². The zero-order valence-corrected chi connectivity index (χ0v) is 15.2. The van der Waals surface area contributed by atoms with E-state index in [0.717, 1.165) is 0 Å². The van der Waals surface area contributed by atoms with Gasteiger partial charge in [-0.15, -0.1) is 0 Å². The molecule has 8 nitrogen and oxygen atoms in total. The van der Waals surface area contributed by atoms with Crippen LogP contribution in [0.25, 0.3) is 0 Å². The number of hydrogen-bond donors (Lipinski definition) is 3. The van der Waals surface area contributed by atoms with Gasteiger partial charge in [0.2, 0.25) is 0 Å². The van der Waals surface area contributed by atoms with Gasteiger partial charge in [-0.1, -0.05) is 0 Å². The fourth-order valence-electron chi connectivity index (χ4n) is 1.88. The Hall–Kier alpha value is -2.42. The van der Waals surface area contributed by atoms with Crippen molar-refractivity contribution in [3.8, 4) is 5.75 Å². The van der Waals surface area contributed by atoms with Crippen molar-refractivity contribution in [2.75, 3.05) is 24.4 Å². The Morgan fingerprint density at radius 1 is 1.24 bits per heavy atom. The Labute approximate surface area is 150 Å². The zero-order valence-electron chi connectivity index (χ0n) is 14.4. The number of carbonyl (C=O) groups is 3. The van der Waals surface area contributed by atoms with Crippen molar-refractivity contribution < 1.29 is 23.9 Å². The highest BCUT2D eigenvalue weighted by Crippen LogP contribution is 2.15. The summed E-state index contributed by atoms with van der Waals surface area (Å²) in [5.41, 5.74) is 5.61. The van der Waals surface area contributed by atoms with Crippen molar-refractivity contribution in [2.24, 2.45) is 5.73 Å². The molecule has 0 aliphatic rings. The Bertz CT molecular complexity index is 594. The van der Waals surface area contributed by atoms with E-state index < -0.39 is 30.1 Å². The minimum Gasteiger partial charge on any atom is -0.497 e. The summed E-state index contributed by atoms with van der Waals surface area (Å²) in [5.74, 6) is 0.102. The van der Waals surface area contributed by atoms with Gasteiger partial charge in [0.15, 0.2) is 6.10 Å². The minimum atomic E-state index is -1.03. The number of benzene rings is 1. The number of esters is 1. The molecule has 0 aromatic heterocycles. The third-order valence-corrected chi connectivity index (χ3v) is 3.88. The number of hydrogen-bond acceptors (Lipinski definition) is 6. The summed E-state index contributed by atoms with van der Waals surface area (Å²) in [5, 5.41) is 4.96. The quantitative estimate of drug-likeness (QED) is 0.565. The highest BCUT2D eigenvalue weighted by molar-refractivity contribution is 7.98. The summed E-state index contributed by atoms with van der Waals surface area (Å²) < 4.78 is 10.2. The third-order valence-electron chi connectivity index (χ3n) is 3.23. The van der Waals surface area contributed by atoms with E-state index in [2.05, 4.69) is 10.6 Å². The lowest BCUT2D eigenvalue weighted by Gasteiger charge is -2.19. The lowest BCUT2D eigenvalue weighted by molar-refractivity contribution is -0.155. The molecule has 3 amide bonds. The minimum absolute atomic E-state index is 0.357. The molecule has 0 bridgehead atoms. The number of urea groups is 1. The maximum atomic E-state index is 12.1. The van der Waals surface area contributed by atoms with Crippen molar-refractivity contribution in [1.82, 2.24) is 5.32 Å². The van der Waals surface area contributed by atoms with Gasteiger partial charge in [0.1, 0.15) is 11.8 Å². The average Bonchev–Trinajstić information content (AvgIpc) is 2.58. The lowest BCUT2D eigenvalue weighted by atomic mass is 10.2. The van der Waals surface area contributed by atoms with Gasteiger partial charge in [0.25, 0.3) is 5.91 Å². The van der Waals surface area contributed by atoms with Crippen LogP contribution in [0.3, 0.4) is 0 Å². The Kier molecular flexibility index (Phi) is 8.62. The first-order valence-electron chi connectivity index (χ1n) is 7.57. The Morgan fingerprint density at radius 2 is 1.88 bits per heavy atom. The van der Waals surface area contributed by atoms with Crippen LogP contribution in [-0.2, 0) is 14.3 Å². The van der Waals surface area contributed by atoms with Crippen LogP contribution in [0.1, 0.15) is 13.3 Å². The first-order valence-corrected chi connectivity index (χ1v) is 8.97. The van der Waals surface area contributed by atoms with Crippen LogP contribution in [0.15, 0.2) is 24.3 Å². The van der Waals surface area contributed by atoms with Crippen LogP contribution in [0.4, 0.5) is 10.5 Å². The van der Waals surface area contributed by atoms with E-state index in [4.69, 9.17) is 15.2 Å². The van der Waals surface area contributed by atoms with Gasteiger partial charge in [0, 0.05) is 5.69 Å². The molecule has 9 heteroatoms. The van der Waals surface area contributed by atoms with Crippen LogP contribution in [0.5, 0.6) is 5.75 Å². The number of nitrogens with one attached hydrogen (secondary N) is 2. The Balaban J connectivity index is 2.60. The largest absolute Gasteiger partial charge is 0.497 e. The standard InChI is InChI=1S/C16H23N3O5S/c1-10(14(20)18-11-4-6-12(23-2)7-5-11)24-15(21)13(8-9-25-3)19-16(17)22/h4-7,10,13H,8-9H2,1-3H3,(H,18,20)(H3,17,19,22)/t10-,13+/m1/s1. The van der Waals surface area contributed by atoms with Crippen LogP contribution < -0.4 is 21.1 Å². The molecule has 0 fully saturated rings. The second-order valence-electron chi connectivity index (χ2n) is 5.14. The molecular weight excluding hydrogens is 346 g/mol. The number of primary amides is 1. The van der Waals surface area contributed by atoms with Gasteiger partial charge in [0.05, 0.1) is 7.11 Å². The second-order valence-corrected chi connectivity index (χ2v) is 6.13. The summed E-state index contributed by atoms with van der Waals surface area (Å²) >= 11 is 1.51. The third kappa shape index (κ3) is 7.34. The number of amides is 3. The summed E-state index contributed by atoms with van der Waals surface area (Å²) in [6.07, 6.45) is 1.20. The fraction of sp³-hybridized carbons (Fsp3) is 0.438. The second kappa shape index (κ2) is 10.4. The molecule has 0 aliphatic heterocycles. The van der Waals surface area contributed by atoms with Crippen molar-refractivity contribution in [3.05, 3.63) is 24.3 Å². The highest BCUT2D eigenvalue weighted by Gasteiger charge is 2.25. The molecule has 0 spiro atoms. The highest BCUT2D eigenvalue weighted by atomic mass is 32.2. The van der Waals surface area contributed by atoms with E-state index >= 15 is 0 Å². The first kappa shape index (κ1) is 20.6. The molecule has 4 N–H and O–H groups in total. The summed E-state index contributed by atoms with van der Waals surface area (Å²) in [6, 6.07) is 5.02. The molecule has 138 valence electrons. The number of carbonyl (C=O) groups excluding carboxylic acids is 3. The molecule has 0 aliphatic carbocycles. The van der Waals surface area contributed by atoms with E-state index in [0.29, 0.717) is 23.6 Å². The van der Waals surface area contributed by atoms with Crippen molar-refractivity contribution >= 4 is 35.4 Å². The lowest BCUT2D eigenvalue weighted by Crippen LogP contribution is -2.46. The zero-order chi connectivity index (χ0) is 18.8. The van der Waals surface area contributed by atoms with Gasteiger partial charge in [-0.3, -0.25) is 4.79 Å². The van der Waals surface area contributed by atoms with E-state index in [1.807, 2.05) is 6.26 Å². The Morgan fingerprint density at radius 3 is 2.40 bits per heavy atom. The normalized spacial score (nSPS) is 12.6. The molecule has 0 radical (unpaired) electrons. The van der Waals surface area contributed by atoms with Crippen molar-refractivity contribution in [1.29, 1.82) is 0 Å². The fourth-order valence-corrected chi connectivity index (χ4v) is 2.36. The number of ether oxygens (including phenoxy) is 2. The molecule has 25 heavy (non-hydrogen) atoms. The molecule has 1 rings (SSSR count). The maximum Gasteiger partial charge on any atom is 0.329 e. The van der Waals surface area contributed by atoms with Gasteiger partial charge in [-0.05, 0) is 49.6 Å². The number of methoxy groups -OCH3 is 1. The molecule has 2 atom stereocenters. The number of anilines is 1. The van der Waals surface area contributed by atoms with Gasteiger partial charge >= 0.3 is 12.0 Å². The predicted molar refractivity (Wildman–Crippen MR) is 96.7 cm³/mol. The number of nitrogens with two attached hydrogens (primary N) is 1. The molecule has 0 saturated carbocycles. The van der Waals surface area contributed by atoms with Gasteiger partial charge in [-0.25, -0.2) is 9.59 Å². The molecular formula is C16H23N3O5S. The van der Waals surface area contributed by atoms with Crippen LogP contribution in [0.2, 0.25) is 0 Å². The van der Waals surface area contributed by atoms with Gasteiger partial charge in [-0.2, -0.15) is 11.8 Å². The SMILES string of the molecule is COc1ccc(NC(=O)[C@@H](C)OC(=O)[C@H](CCSC)NC(N)=O)cc1. The van der Waals surface area contributed by atoms with Crippen molar-refractivity contribution in [2.45, 2.75) is 25.5 Å². The monoisotopic (exact) mass is 369 g/mol. The van der Waals surface area contributed by atoms with E-state index in [1.165, 1.54) is 18.7 Å². The summed E-state index contributed by atoms with van der Waals surface area (Å²) in [6.45, 7) is 1.45. The van der Waals surface area contributed by atoms with Gasteiger partial charge < -0.3 is 25.8 Å². The van der Waals surface area contributed by atoms with E-state index in [9.17, 15) is 14.4 Å². The maximum absolute atomic E-state index is 12.1. The molecule has 1 aromatic carbocycles. The summed E-state index contributed by atoms with van der Waals surface area (Å²) in [4.78, 5) is 35.3. The van der Waals surface area contributed by atoms with E-state index in [1.54, 1.807) is 31.4 Å². The topological polar surface area (TPSA) is 120 Å². The van der Waals surface area contributed by atoms with Crippen LogP contribution in [-0.4, -0.2) is 49.2 Å². The molecule has 1 aromatic rings. The predicted octanol–water partition coefficient (Wildman–Crippen LogP) is 1.36. The smallest absolute Gasteiger partial charge is 0.329 e. The van der Waals surface area contributed by atoms with Crippen molar-refractivity contribution in [3.63, 3.8) is 0 Å². The number of rotatable bonds is 9. The van der Waals surface area contributed by atoms with E-state index in [-0.39, 0.29) is 0 Å². The molecule has 0 heterocycles. The number of thioether (sulfide) groups is 1.